The highest BCUT2D eigenvalue weighted by atomic mass is 32.1. The van der Waals surface area contributed by atoms with Crippen molar-refractivity contribution < 1.29 is 4.79 Å². The predicted molar refractivity (Wildman–Crippen MR) is 75.8 cm³/mol. The Labute approximate surface area is 111 Å². The van der Waals surface area contributed by atoms with E-state index < -0.39 is 0 Å². The summed E-state index contributed by atoms with van der Waals surface area (Å²) in [5.74, 6) is 0.146. The van der Waals surface area contributed by atoms with E-state index in [9.17, 15) is 4.79 Å². The number of benzene rings is 1. The summed E-state index contributed by atoms with van der Waals surface area (Å²) in [6.45, 7) is 0. The van der Waals surface area contributed by atoms with Gasteiger partial charge in [-0.1, -0.05) is 36.4 Å². The second-order valence-corrected chi connectivity index (χ2v) is 5.37. The third-order valence-electron chi connectivity index (χ3n) is 2.91. The van der Waals surface area contributed by atoms with E-state index in [1.807, 2.05) is 41.8 Å². The zero-order chi connectivity index (χ0) is 12.8. The lowest BCUT2D eigenvalue weighted by Gasteiger charge is -2.10. The Balaban J connectivity index is 1.82. The van der Waals surface area contributed by atoms with Crippen LogP contribution in [0.2, 0.25) is 0 Å². The van der Waals surface area contributed by atoms with Crippen molar-refractivity contribution in [3.63, 3.8) is 0 Å². The molecule has 1 aromatic carbocycles. The number of nitrogens with two attached hydrogens (primary N) is 1. The molecule has 0 aliphatic heterocycles. The maximum absolute atomic E-state index is 11.9. The standard InChI is InChI=1S/C15H17NOS/c16-14(11-12-5-2-1-3-6-12)15(17)9-8-13-7-4-10-18-13/h1-7,10,14H,8-9,11,16H2. The topological polar surface area (TPSA) is 43.1 Å². The van der Waals surface area contributed by atoms with E-state index in [1.54, 1.807) is 11.3 Å². The summed E-state index contributed by atoms with van der Waals surface area (Å²) in [5, 5.41) is 2.03. The SMILES string of the molecule is NC(Cc1ccccc1)C(=O)CCc1cccs1. The molecule has 1 atom stereocenters. The molecule has 1 unspecified atom stereocenters. The summed E-state index contributed by atoms with van der Waals surface area (Å²) < 4.78 is 0. The Kier molecular flexibility index (Phi) is 4.67. The lowest BCUT2D eigenvalue weighted by Crippen LogP contribution is -2.32. The summed E-state index contributed by atoms with van der Waals surface area (Å²) in [4.78, 5) is 13.2. The van der Waals surface area contributed by atoms with Gasteiger partial charge in [0.15, 0.2) is 0 Å². The number of ketones is 1. The van der Waals surface area contributed by atoms with E-state index in [1.165, 1.54) is 4.88 Å². The van der Waals surface area contributed by atoms with Gasteiger partial charge < -0.3 is 5.73 Å². The van der Waals surface area contributed by atoms with Crippen molar-refractivity contribution in [1.29, 1.82) is 0 Å². The summed E-state index contributed by atoms with van der Waals surface area (Å²) in [5.41, 5.74) is 7.06. The van der Waals surface area contributed by atoms with Crippen LogP contribution in [0.25, 0.3) is 0 Å². The molecule has 0 amide bonds. The molecule has 18 heavy (non-hydrogen) atoms. The molecular formula is C15H17NOS. The molecule has 2 N–H and O–H groups in total. The molecule has 2 nitrogen and oxygen atoms in total. The molecule has 0 saturated heterocycles. The summed E-state index contributed by atoms with van der Waals surface area (Å²) in [6, 6.07) is 13.6. The van der Waals surface area contributed by atoms with Gasteiger partial charge in [-0.25, -0.2) is 0 Å². The van der Waals surface area contributed by atoms with Crippen LogP contribution >= 0.6 is 11.3 Å². The fourth-order valence-electron chi connectivity index (χ4n) is 1.87. The lowest BCUT2D eigenvalue weighted by atomic mass is 10.0. The van der Waals surface area contributed by atoms with Gasteiger partial charge in [0.1, 0.15) is 5.78 Å². The number of hydrogen-bond donors (Lipinski definition) is 1. The Morgan fingerprint density at radius 2 is 1.94 bits per heavy atom. The molecule has 1 heterocycles. The number of hydrogen-bond acceptors (Lipinski definition) is 3. The Morgan fingerprint density at radius 3 is 2.61 bits per heavy atom. The van der Waals surface area contributed by atoms with Crippen molar-refractivity contribution in [2.24, 2.45) is 5.73 Å². The van der Waals surface area contributed by atoms with Crippen LogP contribution in [0.1, 0.15) is 16.9 Å². The van der Waals surface area contributed by atoms with Crippen LogP contribution in [0.4, 0.5) is 0 Å². The lowest BCUT2D eigenvalue weighted by molar-refractivity contribution is -0.120. The average molecular weight is 259 g/mol. The quantitative estimate of drug-likeness (QED) is 0.867. The van der Waals surface area contributed by atoms with Gasteiger partial charge in [-0.3, -0.25) is 4.79 Å². The van der Waals surface area contributed by atoms with E-state index in [4.69, 9.17) is 5.73 Å². The molecule has 0 bridgehead atoms. The van der Waals surface area contributed by atoms with Crippen LogP contribution in [0.15, 0.2) is 47.8 Å². The minimum absolute atomic E-state index is 0.146. The number of carbonyl (C=O) groups is 1. The van der Waals surface area contributed by atoms with Crippen molar-refractivity contribution in [2.45, 2.75) is 25.3 Å². The van der Waals surface area contributed by atoms with Crippen molar-refractivity contribution >= 4 is 17.1 Å². The van der Waals surface area contributed by atoms with E-state index >= 15 is 0 Å². The first-order valence-corrected chi connectivity index (χ1v) is 6.98. The van der Waals surface area contributed by atoms with E-state index in [2.05, 4.69) is 6.07 Å². The number of rotatable bonds is 6. The van der Waals surface area contributed by atoms with Gasteiger partial charge in [-0.2, -0.15) is 0 Å². The third kappa shape index (κ3) is 3.79. The van der Waals surface area contributed by atoms with Gasteiger partial charge in [0, 0.05) is 11.3 Å². The zero-order valence-electron chi connectivity index (χ0n) is 10.2. The molecule has 0 spiro atoms. The monoisotopic (exact) mass is 259 g/mol. The van der Waals surface area contributed by atoms with Crippen LogP contribution in [0.3, 0.4) is 0 Å². The first-order valence-electron chi connectivity index (χ1n) is 6.10. The van der Waals surface area contributed by atoms with E-state index in [0.29, 0.717) is 12.8 Å². The van der Waals surface area contributed by atoms with Gasteiger partial charge in [-0.05, 0) is 29.9 Å². The highest BCUT2D eigenvalue weighted by Crippen LogP contribution is 2.12. The first kappa shape index (κ1) is 13.0. The Bertz CT molecular complexity index is 478. The smallest absolute Gasteiger partial charge is 0.150 e. The number of Topliss-reactive ketones (excluding diaryl/α,β-unsaturated/α-hetero) is 1. The van der Waals surface area contributed by atoms with Gasteiger partial charge in [-0.15, -0.1) is 11.3 Å². The van der Waals surface area contributed by atoms with Crippen LogP contribution < -0.4 is 5.73 Å². The fraction of sp³-hybridized carbons (Fsp3) is 0.267. The summed E-state index contributed by atoms with van der Waals surface area (Å²) in [6.07, 6.45) is 1.97. The van der Waals surface area contributed by atoms with Crippen LogP contribution in [-0.4, -0.2) is 11.8 Å². The average Bonchev–Trinajstić information content (AvgIpc) is 2.90. The number of carbonyl (C=O) groups excluding carboxylic acids is 1. The largest absolute Gasteiger partial charge is 0.321 e. The molecule has 0 aliphatic carbocycles. The van der Waals surface area contributed by atoms with Gasteiger partial charge in [0.2, 0.25) is 0 Å². The van der Waals surface area contributed by atoms with E-state index in [0.717, 1.165) is 12.0 Å². The molecule has 0 aliphatic rings. The van der Waals surface area contributed by atoms with Crippen molar-refractivity contribution in [1.82, 2.24) is 0 Å². The van der Waals surface area contributed by atoms with Crippen molar-refractivity contribution in [2.75, 3.05) is 0 Å². The third-order valence-corrected chi connectivity index (χ3v) is 3.85. The van der Waals surface area contributed by atoms with Crippen LogP contribution in [-0.2, 0) is 17.6 Å². The molecular weight excluding hydrogens is 242 g/mol. The molecule has 94 valence electrons. The zero-order valence-corrected chi connectivity index (χ0v) is 11.0. The normalized spacial score (nSPS) is 12.3. The minimum atomic E-state index is -0.382. The maximum atomic E-state index is 11.9. The maximum Gasteiger partial charge on any atom is 0.150 e. The first-order chi connectivity index (χ1) is 8.75. The van der Waals surface area contributed by atoms with Gasteiger partial charge in [0.25, 0.3) is 0 Å². The second kappa shape index (κ2) is 6.47. The van der Waals surface area contributed by atoms with Gasteiger partial charge >= 0.3 is 0 Å². The predicted octanol–water partition coefficient (Wildman–Crippen LogP) is 2.82. The second-order valence-electron chi connectivity index (χ2n) is 4.34. The number of aryl methyl sites for hydroxylation is 1. The highest BCUT2D eigenvalue weighted by molar-refractivity contribution is 7.09. The van der Waals surface area contributed by atoms with Crippen LogP contribution in [0.5, 0.6) is 0 Å². The minimum Gasteiger partial charge on any atom is -0.321 e. The number of thiophene rings is 1. The highest BCUT2D eigenvalue weighted by Gasteiger charge is 2.13. The Hall–Kier alpha value is -1.45. The van der Waals surface area contributed by atoms with Crippen LogP contribution in [0, 0.1) is 0 Å². The molecule has 0 radical (unpaired) electrons. The molecule has 2 aromatic rings. The van der Waals surface area contributed by atoms with E-state index in [-0.39, 0.29) is 11.8 Å². The van der Waals surface area contributed by atoms with Crippen molar-refractivity contribution in [3.8, 4) is 0 Å². The fourth-order valence-corrected chi connectivity index (χ4v) is 2.58. The molecule has 1 aromatic heterocycles. The molecule has 3 heteroatoms. The van der Waals surface area contributed by atoms with Gasteiger partial charge in [0.05, 0.1) is 6.04 Å². The Morgan fingerprint density at radius 1 is 1.17 bits per heavy atom. The molecule has 0 fully saturated rings. The summed E-state index contributed by atoms with van der Waals surface area (Å²) in [7, 11) is 0. The molecule has 0 saturated carbocycles. The van der Waals surface area contributed by atoms with Crippen molar-refractivity contribution in [3.05, 3.63) is 58.3 Å². The summed E-state index contributed by atoms with van der Waals surface area (Å²) >= 11 is 1.69. The molecule has 2 rings (SSSR count).